The summed E-state index contributed by atoms with van der Waals surface area (Å²) in [6, 6.07) is 1.89. The quantitative estimate of drug-likeness (QED) is 0.799. The van der Waals surface area contributed by atoms with Gasteiger partial charge in [0.2, 0.25) is 0 Å². The van der Waals surface area contributed by atoms with Crippen LogP contribution in [-0.2, 0) is 0 Å². The van der Waals surface area contributed by atoms with Crippen LogP contribution in [0, 0.1) is 11.2 Å². The Balaban J connectivity index is 0.00000256. The standard InChI is InChI=1S/C11H15ClFNO2.ClH/c1-11(2,5-15)10(14)6-3-4-7(13)8(12)9(6)16;/h3-4,10,15-16H,5,14H2,1-2H3;1H/t10-;/m1./s1. The van der Waals surface area contributed by atoms with E-state index in [1.165, 1.54) is 6.07 Å². The molecule has 0 aromatic heterocycles. The number of phenols is 1. The summed E-state index contributed by atoms with van der Waals surface area (Å²) in [6.45, 7) is 3.34. The largest absolute Gasteiger partial charge is 0.506 e. The van der Waals surface area contributed by atoms with Crippen molar-refractivity contribution in [3.05, 3.63) is 28.5 Å². The maximum absolute atomic E-state index is 13.0. The van der Waals surface area contributed by atoms with Gasteiger partial charge in [-0.05, 0) is 6.07 Å². The highest BCUT2D eigenvalue weighted by Gasteiger charge is 2.30. The molecule has 0 saturated carbocycles. The summed E-state index contributed by atoms with van der Waals surface area (Å²) in [5.74, 6) is -1.06. The summed E-state index contributed by atoms with van der Waals surface area (Å²) in [5.41, 5.74) is 5.60. The molecule has 1 atom stereocenters. The number of aromatic hydroxyl groups is 1. The topological polar surface area (TPSA) is 66.5 Å². The van der Waals surface area contributed by atoms with Gasteiger partial charge in [-0.2, -0.15) is 0 Å². The van der Waals surface area contributed by atoms with E-state index in [-0.39, 0.29) is 29.8 Å². The number of aliphatic hydroxyl groups is 1. The number of aliphatic hydroxyl groups excluding tert-OH is 1. The molecule has 4 N–H and O–H groups in total. The molecule has 0 aliphatic carbocycles. The lowest BCUT2D eigenvalue weighted by atomic mass is 9.81. The zero-order chi connectivity index (χ0) is 12.5. The molecule has 0 spiro atoms. The normalized spacial score (nSPS) is 13.1. The molecule has 3 nitrogen and oxygen atoms in total. The first-order chi connectivity index (χ1) is 7.31. The molecule has 0 amide bonds. The molecule has 1 rings (SSSR count). The predicted molar refractivity (Wildman–Crippen MR) is 68.1 cm³/mol. The van der Waals surface area contributed by atoms with Crippen LogP contribution in [-0.4, -0.2) is 16.8 Å². The van der Waals surface area contributed by atoms with E-state index in [1.807, 2.05) is 0 Å². The Labute approximate surface area is 111 Å². The average molecular weight is 284 g/mol. The summed E-state index contributed by atoms with van der Waals surface area (Å²) < 4.78 is 13.0. The van der Waals surface area contributed by atoms with Gasteiger partial charge in [0.15, 0.2) is 0 Å². The molecule has 1 aromatic carbocycles. The molecule has 0 heterocycles. The van der Waals surface area contributed by atoms with Crippen molar-refractivity contribution in [2.45, 2.75) is 19.9 Å². The van der Waals surface area contributed by atoms with Gasteiger partial charge in [-0.25, -0.2) is 4.39 Å². The third kappa shape index (κ3) is 3.22. The number of hydrogen-bond acceptors (Lipinski definition) is 3. The van der Waals surface area contributed by atoms with Gasteiger partial charge in [-0.1, -0.05) is 31.5 Å². The Hall–Kier alpha value is -0.550. The van der Waals surface area contributed by atoms with Gasteiger partial charge in [0.25, 0.3) is 0 Å². The number of benzene rings is 1. The van der Waals surface area contributed by atoms with E-state index in [1.54, 1.807) is 13.8 Å². The summed E-state index contributed by atoms with van der Waals surface area (Å²) in [7, 11) is 0. The van der Waals surface area contributed by atoms with Gasteiger partial charge in [0.1, 0.15) is 16.6 Å². The lowest BCUT2D eigenvalue weighted by Crippen LogP contribution is -2.32. The summed E-state index contributed by atoms with van der Waals surface area (Å²) in [4.78, 5) is 0. The Morgan fingerprint density at radius 3 is 2.47 bits per heavy atom. The zero-order valence-corrected chi connectivity index (χ0v) is 11.1. The lowest BCUT2D eigenvalue weighted by molar-refractivity contribution is 0.131. The van der Waals surface area contributed by atoms with Crippen LogP contribution in [0.25, 0.3) is 0 Å². The van der Waals surface area contributed by atoms with E-state index < -0.39 is 17.3 Å². The van der Waals surface area contributed by atoms with Crippen molar-refractivity contribution in [2.24, 2.45) is 11.1 Å². The van der Waals surface area contributed by atoms with E-state index in [0.29, 0.717) is 5.56 Å². The van der Waals surface area contributed by atoms with Crippen molar-refractivity contribution in [3.63, 3.8) is 0 Å². The van der Waals surface area contributed by atoms with Gasteiger partial charge >= 0.3 is 0 Å². The highest BCUT2D eigenvalue weighted by molar-refractivity contribution is 6.32. The van der Waals surface area contributed by atoms with E-state index in [2.05, 4.69) is 0 Å². The van der Waals surface area contributed by atoms with Crippen molar-refractivity contribution in [1.29, 1.82) is 0 Å². The number of halogens is 3. The maximum Gasteiger partial charge on any atom is 0.145 e. The van der Waals surface area contributed by atoms with Crippen LogP contribution in [0.15, 0.2) is 12.1 Å². The Morgan fingerprint density at radius 1 is 1.47 bits per heavy atom. The Bertz CT molecular complexity index is 399. The summed E-state index contributed by atoms with van der Waals surface area (Å²) >= 11 is 5.58. The Kier molecular flexibility index (Phi) is 5.68. The van der Waals surface area contributed by atoms with Gasteiger partial charge in [0.05, 0.1) is 0 Å². The molecule has 0 fully saturated rings. The molecular formula is C11H16Cl2FNO2. The number of phenolic OH excluding ortho intramolecular Hbond substituents is 1. The van der Waals surface area contributed by atoms with Crippen LogP contribution in [0.1, 0.15) is 25.5 Å². The van der Waals surface area contributed by atoms with Gasteiger partial charge < -0.3 is 15.9 Å². The van der Waals surface area contributed by atoms with E-state index in [0.717, 1.165) is 6.07 Å². The van der Waals surface area contributed by atoms with Crippen LogP contribution < -0.4 is 5.73 Å². The van der Waals surface area contributed by atoms with Crippen molar-refractivity contribution < 1.29 is 14.6 Å². The first kappa shape index (κ1) is 16.4. The molecule has 0 radical (unpaired) electrons. The molecule has 0 aliphatic rings. The zero-order valence-electron chi connectivity index (χ0n) is 9.58. The molecule has 6 heteroatoms. The van der Waals surface area contributed by atoms with Crippen molar-refractivity contribution in [3.8, 4) is 5.75 Å². The monoisotopic (exact) mass is 283 g/mol. The molecule has 0 aliphatic heterocycles. The molecule has 0 bridgehead atoms. The fourth-order valence-corrected chi connectivity index (χ4v) is 1.50. The van der Waals surface area contributed by atoms with Gasteiger partial charge in [-0.3, -0.25) is 0 Å². The van der Waals surface area contributed by atoms with Crippen molar-refractivity contribution >= 4 is 24.0 Å². The fourth-order valence-electron chi connectivity index (χ4n) is 1.33. The Morgan fingerprint density at radius 2 is 2.00 bits per heavy atom. The minimum Gasteiger partial charge on any atom is -0.506 e. The number of rotatable bonds is 3. The van der Waals surface area contributed by atoms with E-state index in [4.69, 9.17) is 17.3 Å². The second kappa shape index (κ2) is 5.87. The van der Waals surface area contributed by atoms with Crippen LogP contribution in [0.4, 0.5) is 4.39 Å². The average Bonchev–Trinajstić information content (AvgIpc) is 2.25. The fraction of sp³-hybridized carbons (Fsp3) is 0.455. The van der Waals surface area contributed by atoms with Crippen molar-refractivity contribution in [2.75, 3.05) is 6.61 Å². The minimum atomic E-state index is -0.697. The lowest BCUT2D eigenvalue weighted by Gasteiger charge is -2.30. The molecular weight excluding hydrogens is 268 g/mol. The third-order valence-electron chi connectivity index (χ3n) is 2.68. The molecule has 0 saturated heterocycles. The second-order valence-electron chi connectivity index (χ2n) is 4.42. The first-order valence-electron chi connectivity index (χ1n) is 4.84. The first-order valence-corrected chi connectivity index (χ1v) is 5.22. The van der Waals surface area contributed by atoms with E-state index in [9.17, 15) is 14.6 Å². The highest BCUT2D eigenvalue weighted by Crippen LogP contribution is 2.39. The second-order valence-corrected chi connectivity index (χ2v) is 4.80. The van der Waals surface area contributed by atoms with Crippen LogP contribution >= 0.6 is 24.0 Å². The van der Waals surface area contributed by atoms with Crippen LogP contribution in [0.3, 0.4) is 0 Å². The molecule has 17 heavy (non-hydrogen) atoms. The highest BCUT2D eigenvalue weighted by atomic mass is 35.5. The van der Waals surface area contributed by atoms with Crippen molar-refractivity contribution in [1.82, 2.24) is 0 Å². The van der Waals surface area contributed by atoms with Crippen LogP contribution in [0.5, 0.6) is 5.75 Å². The summed E-state index contributed by atoms with van der Waals surface area (Å²) in [5, 5.41) is 18.5. The van der Waals surface area contributed by atoms with Gasteiger partial charge in [0, 0.05) is 23.6 Å². The molecule has 0 unspecified atom stereocenters. The number of nitrogens with two attached hydrogens (primary N) is 1. The molecule has 1 aromatic rings. The van der Waals surface area contributed by atoms with Crippen LogP contribution in [0.2, 0.25) is 5.02 Å². The van der Waals surface area contributed by atoms with Gasteiger partial charge in [-0.15, -0.1) is 12.4 Å². The van der Waals surface area contributed by atoms with E-state index >= 15 is 0 Å². The minimum absolute atomic E-state index is 0. The smallest absolute Gasteiger partial charge is 0.145 e. The summed E-state index contributed by atoms with van der Waals surface area (Å²) in [6.07, 6.45) is 0. The predicted octanol–water partition coefficient (Wildman–Crippen LogP) is 2.62. The third-order valence-corrected chi connectivity index (χ3v) is 3.04. The molecule has 98 valence electrons. The maximum atomic E-state index is 13.0. The number of hydrogen-bond donors (Lipinski definition) is 3. The SMILES string of the molecule is CC(C)(CO)[C@H](N)c1ccc(F)c(Cl)c1O.Cl.